The molecule has 0 aliphatic carbocycles. The standard InChI is InChI=1S/C15H18N2OS/c1-2-14(18)17-9-7-11(8-10-17)15-16-12-5-3-4-6-13(12)19-15/h3-6,11H,2,7-10H2,1H3. The highest BCUT2D eigenvalue weighted by atomic mass is 32.1. The van der Waals surface area contributed by atoms with E-state index in [9.17, 15) is 4.79 Å². The number of rotatable bonds is 2. The van der Waals surface area contributed by atoms with Crippen LogP contribution in [0.5, 0.6) is 0 Å². The van der Waals surface area contributed by atoms with Gasteiger partial charge in [-0.1, -0.05) is 19.1 Å². The Morgan fingerprint density at radius 3 is 2.79 bits per heavy atom. The summed E-state index contributed by atoms with van der Waals surface area (Å²) in [5, 5.41) is 1.24. The molecule has 0 atom stereocenters. The van der Waals surface area contributed by atoms with Crippen LogP contribution in [-0.2, 0) is 4.79 Å². The number of nitrogens with zero attached hydrogens (tertiary/aromatic N) is 2. The Morgan fingerprint density at radius 2 is 2.11 bits per heavy atom. The maximum Gasteiger partial charge on any atom is 0.222 e. The summed E-state index contributed by atoms with van der Waals surface area (Å²) in [4.78, 5) is 18.4. The molecule has 0 radical (unpaired) electrons. The van der Waals surface area contributed by atoms with Gasteiger partial charge in [-0.15, -0.1) is 11.3 Å². The summed E-state index contributed by atoms with van der Waals surface area (Å²) in [5.74, 6) is 0.807. The van der Waals surface area contributed by atoms with Crippen LogP contribution < -0.4 is 0 Å². The van der Waals surface area contributed by atoms with Gasteiger partial charge in [-0.3, -0.25) is 4.79 Å². The molecule has 2 aromatic rings. The number of thiazole rings is 1. The summed E-state index contributed by atoms with van der Waals surface area (Å²) in [5.41, 5.74) is 1.11. The molecule has 1 amide bonds. The summed E-state index contributed by atoms with van der Waals surface area (Å²) in [6.45, 7) is 3.70. The predicted molar refractivity (Wildman–Crippen MR) is 78.5 cm³/mol. The van der Waals surface area contributed by atoms with Crippen molar-refractivity contribution in [2.75, 3.05) is 13.1 Å². The molecule has 3 nitrogen and oxygen atoms in total. The normalized spacial score (nSPS) is 17.0. The molecule has 19 heavy (non-hydrogen) atoms. The van der Waals surface area contributed by atoms with E-state index in [4.69, 9.17) is 4.98 Å². The number of fused-ring (bicyclic) bond motifs is 1. The number of hydrogen-bond acceptors (Lipinski definition) is 3. The predicted octanol–water partition coefficient (Wildman–Crippen LogP) is 3.41. The van der Waals surface area contributed by atoms with Crippen molar-refractivity contribution in [1.29, 1.82) is 0 Å². The van der Waals surface area contributed by atoms with Gasteiger partial charge in [0, 0.05) is 25.4 Å². The average molecular weight is 274 g/mol. The van der Waals surface area contributed by atoms with E-state index in [1.54, 1.807) is 11.3 Å². The maximum absolute atomic E-state index is 11.7. The first-order chi connectivity index (χ1) is 9.28. The van der Waals surface area contributed by atoms with E-state index in [1.807, 2.05) is 17.9 Å². The van der Waals surface area contributed by atoms with Gasteiger partial charge in [-0.05, 0) is 25.0 Å². The molecule has 0 unspecified atom stereocenters. The molecule has 1 aliphatic rings. The Labute approximate surface area is 117 Å². The third-order valence-electron chi connectivity index (χ3n) is 3.81. The van der Waals surface area contributed by atoms with Crippen LogP contribution in [0.4, 0.5) is 0 Å². The van der Waals surface area contributed by atoms with Crippen LogP contribution in [0.25, 0.3) is 10.2 Å². The van der Waals surface area contributed by atoms with E-state index in [2.05, 4.69) is 18.2 Å². The lowest BCUT2D eigenvalue weighted by atomic mass is 9.97. The van der Waals surface area contributed by atoms with Crippen molar-refractivity contribution in [3.63, 3.8) is 0 Å². The molecule has 1 aromatic heterocycles. The Hall–Kier alpha value is -1.42. The van der Waals surface area contributed by atoms with E-state index in [0.717, 1.165) is 31.4 Å². The minimum atomic E-state index is 0.280. The molecule has 3 rings (SSSR count). The van der Waals surface area contributed by atoms with E-state index >= 15 is 0 Å². The molecular formula is C15H18N2OS. The number of amides is 1. The van der Waals surface area contributed by atoms with Crippen LogP contribution in [0, 0.1) is 0 Å². The molecule has 4 heteroatoms. The van der Waals surface area contributed by atoms with Crippen LogP contribution in [0.15, 0.2) is 24.3 Å². The van der Waals surface area contributed by atoms with Crippen molar-refractivity contribution in [1.82, 2.24) is 9.88 Å². The highest BCUT2D eigenvalue weighted by Gasteiger charge is 2.24. The van der Waals surface area contributed by atoms with Crippen molar-refractivity contribution in [3.8, 4) is 0 Å². The topological polar surface area (TPSA) is 33.2 Å². The Bertz CT molecular complexity index is 552. The summed E-state index contributed by atoms with van der Waals surface area (Å²) in [6.07, 6.45) is 2.71. The van der Waals surface area contributed by atoms with Gasteiger partial charge in [-0.2, -0.15) is 0 Å². The smallest absolute Gasteiger partial charge is 0.222 e. The number of piperidine rings is 1. The molecule has 1 aromatic carbocycles. The Morgan fingerprint density at radius 1 is 1.37 bits per heavy atom. The fourth-order valence-corrected chi connectivity index (χ4v) is 3.80. The molecule has 0 N–H and O–H groups in total. The summed E-state index contributed by atoms with van der Waals surface area (Å²) in [7, 11) is 0. The molecular weight excluding hydrogens is 256 g/mol. The van der Waals surface area contributed by atoms with Gasteiger partial charge < -0.3 is 4.90 Å². The van der Waals surface area contributed by atoms with Crippen molar-refractivity contribution >= 4 is 27.5 Å². The fraction of sp³-hybridized carbons (Fsp3) is 0.467. The van der Waals surface area contributed by atoms with Crippen LogP contribution in [-0.4, -0.2) is 28.9 Å². The van der Waals surface area contributed by atoms with Crippen molar-refractivity contribution < 1.29 is 4.79 Å². The third kappa shape index (κ3) is 2.50. The summed E-state index contributed by atoms with van der Waals surface area (Å²) >= 11 is 1.80. The lowest BCUT2D eigenvalue weighted by Crippen LogP contribution is -2.37. The quantitative estimate of drug-likeness (QED) is 0.840. The van der Waals surface area contributed by atoms with Gasteiger partial charge in [0.25, 0.3) is 0 Å². The fourth-order valence-electron chi connectivity index (χ4n) is 2.66. The van der Waals surface area contributed by atoms with Crippen LogP contribution >= 0.6 is 11.3 Å². The molecule has 1 aliphatic heterocycles. The summed E-state index contributed by atoms with van der Waals surface area (Å²) in [6, 6.07) is 8.30. The average Bonchev–Trinajstić information content (AvgIpc) is 2.90. The van der Waals surface area contributed by atoms with Gasteiger partial charge in [0.05, 0.1) is 15.2 Å². The highest BCUT2D eigenvalue weighted by Crippen LogP contribution is 2.33. The van der Waals surface area contributed by atoms with Gasteiger partial charge in [0.2, 0.25) is 5.91 Å². The SMILES string of the molecule is CCC(=O)N1CCC(c2nc3ccccc3s2)CC1. The minimum Gasteiger partial charge on any atom is -0.343 e. The number of aromatic nitrogens is 1. The van der Waals surface area contributed by atoms with Gasteiger partial charge in [-0.25, -0.2) is 4.98 Å². The number of likely N-dealkylation sites (tertiary alicyclic amines) is 1. The monoisotopic (exact) mass is 274 g/mol. The second-order valence-electron chi connectivity index (χ2n) is 5.03. The molecule has 1 saturated heterocycles. The van der Waals surface area contributed by atoms with Gasteiger partial charge in [0.15, 0.2) is 0 Å². The minimum absolute atomic E-state index is 0.280. The van der Waals surface area contributed by atoms with Crippen molar-refractivity contribution in [2.24, 2.45) is 0 Å². The molecule has 1 fully saturated rings. The zero-order valence-electron chi connectivity index (χ0n) is 11.1. The number of carbonyl (C=O) groups excluding carboxylic acids is 1. The highest BCUT2D eigenvalue weighted by molar-refractivity contribution is 7.18. The second-order valence-corrected chi connectivity index (χ2v) is 6.09. The Balaban J connectivity index is 1.72. The van der Waals surface area contributed by atoms with E-state index in [0.29, 0.717) is 12.3 Å². The lowest BCUT2D eigenvalue weighted by Gasteiger charge is -2.30. The lowest BCUT2D eigenvalue weighted by molar-refractivity contribution is -0.131. The van der Waals surface area contributed by atoms with Crippen molar-refractivity contribution in [2.45, 2.75) is 32.1 Å². The molecule has 0 saturated carbocycles. The number of para-hydroxylation sites is 1. The van der Waals surface area contributed by atoms with E-state index in [-0.39, 0.29) is 5.91 Å². The Kier molecular flexibility index (Phi) is 3.51. The zero-order valence-corrected chi connectivity index (χ0v) is 11.9. The van der Waals surface area contributed by atoms with E-state index < -0.39 is 0 Å². The largest absolute Gasteiger partial charge is 0.343 e. The molecule has 0 bridgehead atoms. The first-order valence-electron chi connectivity index (χ1n) is 6.91. The van der Waals surface area contributed by atoms with Gasteiger partial charge in [0.1, 0.15) is 0 Å². The third-order valence-corrected chi connectivity index (χ3v) is 5.01. The zero-order chi connectivity index (χ0) is 13.2. The molecule has 0 spiro atoms. The first-order valence-corrected chi connectivity index (χ1v) is 7.73. The van der Waals surface area contributed by atoms with Gasteiger partial charge >= 0.3 is 0 Å². The number of carbonyl (C=O) groups is 1. The summed E-state index contributed by atoms with van der Waals surface area (Å²) < 4.78 is 1.27. The number of hydrogen-bond donors (Lipinski definition) is 0. The van der Waals surface area contributed by atoms with Crippen LogP contribution in [0.1, 0.15) is 37.1 Å². The van der Waals surface area contributed by atoms with E-state index in [1.165, 1.54) is 9.71 Å². The van der Waals surface area contributed by atoms with Crippen molar-refractivity contribution in [3.05, 3.63) is 29.3 Å². The first kappa shape index (κ1) is 12.6. The molecule has 100 valence electrons. The number of benzene rings is 1. The van der Waals surface area contributed by atoms with Crippen LogP contribution in [0.2, 0.25) is 0 Å². The maximum atomic E-state index is 11.7. The second kappa shape index (κ2) is 5.29. The molecule has 2 heterocycles. The van der Waals surface area contributed by atoms with Crippen LogP contribution in [0.3, 0.4) is 0 Å².